The minimum absolute atomic E-state index is 0.248. The van der Waals surface area contributed by atoms with Gasteiger partial charge >= 0.3 is 5.97 Å². The summed E-state index contributed by atoms with van der Waals surface area (Å²) >= 11 is 0. The lowest BCUT2D eigenvalue weighted by Crippen LogP contribution is -2.27. The molecule has 0 saturated carbocycles. The molecule has 5 nitrogen and oxygen atoms in total. The largest absolute Gasteiger partial charge is 0.481 e. The zero-order chi connectivity index (χ0) is 13.4. The standard InChI is InChI=1S/C14H20N2O3/c1-9-15-13(10-3-6-19-7-4-10)12-8-11(14(17)18)2-5-16(9)12/h10-11H,2-8H2,1H3,(H,17,18). The molecule has 0 aliphatic carbocycles. The van der Waals surface area contributed by atoms with Crippen LogP contribution in [0.4, 0.5) is 0 Å². The first-order chi connectivity index (χ1) is 9.16. The molecular formula is C14H20N2O3. The molecule has 1 saturated heterocycles. The molecule has 1 fully saturated rings. The second-order valence-electron chi connectivity index (χ2n) is 5.56. The van der Waals surface area contributed by atoms with Gasteiger partial charge in [-0.05, 0) is 26.2 Å². The van der Waals surface area contributed by atoms with E-state index in [4.69, 9.17) is 9.72 Å². The minimum Gasteiger partial charge on any atom is -0.481 e. The Balaban J connectivity index is 1.91. The van der Waals surface area contributed by atoms with Gasteiger partial charge in [0.15, 0.2) is 0 Å². The average molecular weight is 264 g/mol. The van der Waals surface area contributed by atoms with Crippen LogP contribution < -0.4 is 0 Å². The molecule has 0 aromatic carbocycles. The molecule has 0 spiro atoms. The molecule has 3 rings (SSSR count). The van der Waals surface area contributed by atoms with Crippen molar-refractivity contribution in [1.29, 1.82) is 0 Å². The first kappa shape index (κ1) is 12.7. The maximum Gasteiger partial charge on any atom is 0.306 e. The van der Waals surface area contributed by atoms with Crippen molar-refractivity contribution in [3.8, 4) is 0 Å². The summed E-state index contributed by atoms with van der Waals surface area (Å²) in [5, 5.41) is 9.22. The molecule has 5 heteroatoms. The highest BCUT2D eigenvalue weighted by Gasteiger charge is 2.31. The zero-order valence-corrected chi connectivity index (χ0v) is 11.3. The number of aromatic nitrogens is 2. The summed E-state index contributed by atoms with van der Waals surface area (Å²) in [4.78, 5) is 15.9. The summed E-state index contributed by atoms with van der Waals surface area (Å²) in [7, 11) is 0. The van der Waals surface area contributed by atoms with Crippen LogP contribution in [0.15, 0.2) is 0 Å². The lowest BCUT2D eigenvalue weighted by Gasteiger charge is -2.26. The van der Waals surface area contributed by atoms with Crippen molar-refractivity contribution in [2.75, 3.05) is 13.2 Å². The Hall–Kier alpha value is -1.36. The first-order valence-electron chi connectivity index (χ1n) is 7.03. The predicted octanol–water partition coefficient (Wildman–Crippen LogP) is 1.73. The SMILES string of the molecule is Cc1nc(C2CCOCC2)c2n1CCC(C(=O)O)C2. The van der Waals surface area contributed by atoms with Crippen molar-refractivity contribution in [2.24, 2.45) is 5.92 Å². The molecule has 1 atom stereocenters. The van der Waals surface area contributed by atoms with Gasteiger partial charge in [-0.1, -0.05) is 0 Å². The maximum atomic E-state index is 11.2. The van der Waals surface area contributed by atoms with Gasteiger partial charge in [0.05, 0.1) is 11.6 Å². The Morgan fingerprint density at radius 2 is 2.11 bits per heavy atom. The molecule has 2 aliphatic heterocycles. The topological polar surface area (TPSA) is 64.4 Å². The van der Waals surface area contributed by atoms with E-state index in [1.807, 2.05) is 6.92 Å². The maximum absolute atomic E-state index is 11.2. The smallest absolute Gasteiger partial charge is 0.306 e. The van der Waals surface area contributed by atoms with E-state index in [0.717, 1.165) is 49.8 Å². The number of hydrogen-bond donors (Lipinski definition) is 1. The minimum atomic E-state index is -0.678. The van der Waals surface area contributed by atoms with Crippen LogP contribution in [0.3, 0.4) is 0 Å². The van der Waals surface area contributed by atoms with Crippen LogP contribution in [0.25, 0.3) is 0 Å². The third-order valence-corrected chi connectivity index (χ3v) is 4.39. The summed E-state index contributed by atoms with van der Waals surface area (Å²) in [6.07, 6.45) is 3.35. The third kappa shape index (κ3) is 2.27. The molecule has 2 aliphatic rings. The number of carboxylic acid groups (broad SMARTS) is 1. The number of rotatable bonds is 2. The Morgan fingerprint density at radius 1 is 1.37 bits per heavy atom. The van der Waals surface area contributed by atoms with E-state index in [-0.39, 0.29) is 5.92 Å². The Labute approximate surface area is 112 Å². The van der Waals surface area contributed by atoms with Crippen molar-refractivity contribution in [3.05, 3.63) is 17.2 Å². The quantitative estimate of drug-likeness (QED) is 0.883. The monoisotopic (exact) mass is 264 g/mol. The van der Waals surface area contributed by atoms with Gasteiger partial charge in [0, 0.05) is 37.8 Å². The first-order valence-corrected chi connectivity index (χ1v) is 7.03. The predicted molar refractivity (Wildman–Crippen MR) is 69.2 cm³/mol. The van der Waals surface area contributed by atoms with Crippen LogP contribution in [0.2, 0.25) is 0 Å². The van der Waals surface area contributed by atoms with Gasteiger partial charge in [-0.2, -0.15) is 0 Å². The zero-order valence-electron chi connectivity index (χ0n) is 11.3. The van der Waals surface area contributed by atoms with Crippen LogP contribution in [0.1, 0.15) is 42.4 Å². The van der Waals surface area contributed by atoms with E-state index >= 15 is 0 Å². The highest BCUT2D eigenvalue weighted by molar-refractivity contribution is 5.70. The molecular weight excluding hydrogens is 244 g/mol. The summed E-state index contributed by atoms with van der Waals surface area (Å²) in [6.45, 7) is 4.39. The number of nitrogens with zero attached hydrogens (tertiary/aromatic N) is 2. The number of aliphatic carboxylic acids is 1. The molecule has 0 amide bonds. The van der Waals surface area contributed by atoms with Gasteiger partial charge in [0.1, 0.15) is 5.82 Å². The van der Waals surface area contributed by atoms with Crippen LogP contribution in [-0.4, -0.2) is 33.8 Å². The van der Waals surface area contributed by atoms with Crippen molar-refractivity contribution in [1.82, 2.24) is 9.55 Å². The number of hydrogen-bond acceptors (Lipinski definition) is 3. The highest BCUT2D eigenvalue weighted by Crippen LogP contribution is 2.33. The van der Waals surface area contributed by atoms with Crippen LogP contribution >= 0.6 is 0 Å². The second-order valence-corrected chi connectivity index (χ2v) is 5.56. The Kier molecular flexibility index (Phi) is 3.31. The number of carbonyl (C=O) groups is 1. The fourth-order valence-corrected chi connectivity index (χ4v) is 3.27. The van der Waals surface area contributed by atoms with Crippen LogP contribution in [0, 0.1) is 12.8 Å². The van der Waals surface area contributed by atoms with E-state index in [2.05, 4.69) is 4.57 Å². The van der Waals surface area contributed by atoms with Gasteiger partial charge in [-0.15, -0.1) is 0 Å². The molecule has 1 N–H and O–H groups in total. The van der Waals surface area contributed by atoms with Crippen molar-refractivity contribution >= 4 is 5.97 Å². The van der Waals surface area contributed by atoms with Gasteiger partial charge < -0.3 is 14.4 Å². The number of ether oxygens (including phenoxy) is 1. The van der Waals surface area contributed by atoms with Gasteiger partial charge in [0.25, 0.3) is 0 Å². The average Bonchev–Trinajstić information content (AvgIpc) is 2.77. The van der Waals surface area contributed by atoms with E-state index in [1.165, 1.54) is 0 Å². The molecule has 1 aromatic rings. The number of fused-ring (bicyclic) bond motifs is 1. The lowest BCUT2D eigenvalue weighted by molar-refractivity contribution is -0.142. The summed E-state index contributed by atoms with van der Waals surface area (Å²) in [6, 6.07) is 0. The number of carboxylic acids is 1. The highest BCUT2D eigenvalue weighted by atomic mass is 16.5. The van der Waals surface area contributed by atoms with Gasteiger partial charge in [-0.3, -0.25) is 4.79 Å². The molecule has 1 aromatic heterocycles. The molecule has 1 unspecified atom stereocenters. The molecule has 104 valence electrons. The summed E-state index contributed by atoms with van der Waals surface area (Å²) < 4.78 is 7.62. The number of imidazole rings is 1. The molecule has 0 radical (unpaired) electrons. The summed E-state index contributed by atoms with van der Waals surface area (Å²) in [5.74, 6) is 0.543. The van der Waals surface area contributed by atoms with Crippen molar-refractivity contribution < 1.29 is 14.6 Å². The molecule has 0 bridgehead atoms. The number of aryl methyl sites for hydroxylation is 1. The summed E-state index contributed by atoms with van der Waals surface area (Å²) in [5.41, 5.74) is 2.29. The molecule has 19 heavy (non-hydrogen) atoms. The van der Waals surface area contributed by atoms with E-state index in [1.54, 1.807) is 0 Å². The van der Waals surface area contributed by atoms with E-state index in [0.29, 0.717) is 18.8 Å². The Bertz CT molecular complexity index is 489. The van der Waals surface area contributed by atoms with Crippen LogP contribution in [-0.2, 0) is 22.5 Å². The van der Waals surface area contributed by atoms with Crippen molar-refractivity contribution in [2.45, 2.75) is 45.1 Å². The Morgan fingerprint density at radius 3 is 2.79 bits per heavy atom. The normalized spacial score (nSPS) is 24.2. The lowest BCUT2D eigenvalue weighted by atomic mass is 9.89. The van der Waals surface area contributed by atoms with Gasteiger partial charge in [0.2, 0.25) is 0 Å². The van der Waals surface area contributed by atoms with Crippen molar-refractivity contribution in [3.63, 3.8) is 0 Å². The van der Waals surface area contributed by atoms with Crippen LogP contribution in [0.5, 0.6) is 0 Å². The third-order valence-electron chi connectivity index (χ3n) is 4.39. The van der Waals surface area contributed by atoms with E-state index < -0.39 is 5.97 Å². The molecule has 3 heterocycles. The fraction of sp³-hybridized carbons (Fsp3) is 0.714. The van der Waals surface area contributed by atoms with E-state index in [9.17, 15) is 9.90 Å². The van der Waals surface area contributed by atoms with Gasteiger partial charge in [-0.25, -0.2) is 4.98 Å². The second kappa shape index (κ2) is 4.96. The fourth-order valence-electron chi connectivity index (χ4n) is 3.27.